The molecule has 0 spiro atoms. The van der Waals surface area contributed by atoms with Crippen LogP contribution in [0.25, 0.3) is 0 Å². The summed E-state index contributed by atoms with van der Waals surface area (Å²) >= 11 is 0. The van der Waals surface area contributed by atoms with Crippen LogP contribution in [0.5, 0.6) is 0 Å². The second-order valence-corrected chi connectivity index (χ2v) is 3.60. The minimum atomic E-state index is -1.01. The molecule has 0 aliphatic rings. The number of esters is 1. The van der Waals surface area contributed by atoms with E-state index in [4.69, 9.17) is 0 Å². The van der Waals surface area contributed by atoms with Crippen molar-refractivity contribution in [1.82, 2.24) is 0 Å². The van der Waals surface area contributed by atoms with Crippen LogP contribution in [0, 0.1) is 17.0 Å². The molecule has 0 amide bonds. The summed E-state index contributed by atoms with van der Waals surface area (Å²) < 4.78 is 4.43. The van der Waals surface area contributed by atoms with E-state index in [-0.39, 0.29) is 12.1 Å². The molecule has 1 unspecified atom stereocenters. The first-order valence-electron chi connectivity index (χ1n) is 4.95. The normalized spacial score (nSPS) is 11.9. The number of nitro groups is 1. The molecule has 0 aromatic heterocycles. The molecular formula is C11H13NO5. The van der Waals surface area contributed by atoms with Crippen LogP contribution >= 0.6 is 0 Å². The molecule has 92 valence electrons. The van der Waals surface area contributed by atoms with Gasteiger partial charge in [-0.05, 0) is 24.6 Å². The molecular weight excluding hydrogens is 226 g/mol. The van der Waals surface area contributed by atoms with Gasteiger partial charge in [-0.3, -0.25) is 14.9 Å². The lowest BCUT2D eigenvalue weighted by molar-refractivity contribution is -0.385. The van der Waals surface area contributed by atoms with E-state index in [2.05, 4.69) is 4.74 Å². The molecule has 0 heterocycles. The Labute approximate surface area is 98.0 Å². The highest BCUT2D eigenvalue weighted by atomic mass is 16.6. The summed E-state index contributed by atoms with van der Waals surface area (Å²) in [5, 5.41) is 20.3. The maximum absolute atomic E-state index is 11.0. The third-order valence-electron chi connectivity index (χ3n) is 2.39. The number of carbonyl (C=O) groups is 1. The molecule has 6 heteroatoms. The van der Waals surface area contributed by atoms with Gasteiger partial charge < -0.3 is 9.84 Å². The van der Waals surface area contributed by atoms with Gasteiger partial charge in [0.2, 0.25) is 0 Å². The number of ether oxygens (including phenoxy) is 1. The Morgan fingerprint density at radius 3 is 2.71 bits per heavy atom. The van der Waals surface area contributed by atoms with E-state index in [1.807, 2.05) is 0 Å². The van der Waals surface area contributed by atoms with Gasteiger partial charge in [-0.25, -0.2) is 0 Å². The van der Waals surface area contributed by atoms with Gasteiger partial charge in [0.15, 0.2) is 0 Å². The van der Waals surface area contributed by atoms with E-state index in [1.165, 1.54) is 25.3 Å². The third kappa shape index (κ3) is 3.25. The number of aryl methyl sites for hydroxylation is 1. The van der Waals surface area contributed by atoms with Gasteiger partial charge in [-0.2, -0.15) is 0 Å². The Morgan fingerprint density at radius 2 is 2.24 bits per heavy atom. The Kier molecular flexibility index (Phi) is 4.17. The van der Waals surface area contributed by atoms with Crippen molar-refractivity contribution >= 4 is 11.7 Å². The first-order chi connectivity index (χ1) is 7.95. The molecule has 1 atom stereocenters. The number of benzene rings is 1. The summed E-state index contributed by atoms with van der Waals surface area (Å²) in [5.41, 5.74) is 0.883. The van der Waals surface area contributed by atoms with Crippen LogP contribution in [-0.4, -0.2) is 23.1 Å². The zero-order valence-corrected chi connectivity index (χ0v) is 9.54. The Hall–Kier alpha value is -1.95. The minimum absolute atomic E-state index is 0.0148. The van der Waals surface area contributed by atoms with Gasteiger partial charge in [0.05, 0.1) is 24.6 Å². The lowest BCUT2D eigenvalue weighted by atomic mass is 10.0. The molecule has 0 aliphatic carbocycles. The van der Waals surface area contributed by atoms with E-state index >= 15 is 0 Å². The van der Waals surface area contributed by atoms with Gasteiger partial charge in [0.1, 0.15) is 0 Å². The number of rotatable bonds is 4. The Balaban J connectivity index is 2.89. The van der Waals surface area contributed by atoms with E-state index < -0.39 is 17.0 Å². The smallest absolute Gasteiger partial charge is 0.308 e. The summed E-state index contributed by atoms with van der Waals surface area (Å²) in [5.74, 6) is -0.534. The first kappa shape index (κ1) is 13.1. The Morgan fingerprint density at radius 1 is 1.59 bits per heavy atom. The second kappa shape index (κ2) is 5.40. The van der Waals surface area contributed by atoms with E-state index in [9.17, 15) is 20.0 Å². The Bertz CT molecular complexity index is 443. The van der Waals surface area contributed by atoms with Crippen LogP contribution in [-0.2, 0) is 9.53 Å². The summed E-state index contributed by atoms with van der Waals surface area (Å²) in [6, 6.07) is 4.23. The lowest BCUT2D eigenvalue weighted by Gasteiger charge is -2.10. The van der Waals surface area contributed by atoms with Crippen molar-refractivity contribution in [2.24, 2.45) is 0 Å². The lowest BCUT2D eigenvalue weighted by Crippen LogP contribution is -2.08. The fourth-order valence-electron chi connectivity index (χ4n) is 1.45. The van der Waals surface area contributed by atoms with Crippen LogP contribution in [0.15, 0.2) is 18.2 Å². The quantitative estimate of drug-likeness (QED) is 0.488. The summed E-state index contributed by atoms with van der Waals surface area (Å²) in [6.45, 7) is 1.58. The molecule has 1 aromatic carbocycles. The predicted octanol–water partition coefficient (Wildman–Crippen LogP) is 1.50. The van der Waals surface area contributed by atoms with Gasteiger partial charge in [0, 0.05) is 11.6 Å². The fourth-order valence-corrected chi connectivity index (χ4v) is 1.45. The van der Waals surface area contributed by atoms with Gasteiger partial charge in [-0.1, -0.05) is 0 Å². The average molecular weight is 239 g/mol. The van der Waals surface area contributed by atoms with E-state index in [0.717, 1.165) is 0 Å². The molecule has 1 aromatic rings. The fraction of sp³-hybridized carbons (Fsp3) is 0.364. The summed E-state index contributed by atoms with van der Waals surface area (Å²) in [7, 11) is 1.23. The highest BCUT2D eigenvalue weighted by molar-refractivity contribution is 5.70. The van der Waals surface area contributed by atoms with Gasteiger partial charge in [-0.15, -0.1) is 0 Å². The number of hydrogen-bond acceptors (Lipinski definition) is 5. The molecule has 1 N–H and O–H groups in total. The molecule has 1 rings (SSSR count). The minimum Gasteiger partial charge on any atom is -0.469 e. The molecule has 0 saturated carbocycles. The van der Waals surface area contributed by atoms with Crippen molar-refractivity contribution in [3.63, 3.8) is 0 Å². The van der Waals surface area contributed by atoms with Crippen LogP contribution in [0.3, 0.4) is 0 Å². The number of aliphatic hydroxyl groups is 1. The number of nitrogens with zero attached hydrogens (tertiary/aromatic N) is 1. The van der Waals surface area contributed by atoms with Crippen LogP contribution in [0.2, 0.25) is 0 Å². The largest absolute Gasteiger partial charge is 0.469 e. The molecule has 0 radical (unpaired) electrons. The molecule has 0 aliphatic heterocycles. The first-order valence-corrected chi connectivity index (χ1v) is 4.95. The van der Waals surface area contributed by atoms with E-state index in [0.29, 0.717) is 11.1 Å². The SMILES string of the molecule is COC(=O)CC(O)c1ccc([N+](=O)[O-])c(C)c1. The van der Waals surface area contributed by atoms with Crippen LogP contribution in [0.1, 0.15) is 23.7 Å². The van der Waals surface area contributed by atoms with Crippen molar-refractivity contribution in [2.45, 2.75) is 19.4 Å². The molecule has 17 heavy (non-hydrogen) atoms. The number of methoxy groups -OCH3 is 1. The monoisotopic (exact) mass is 239 g/mol. The third-order valence-corrected chi connectivity index (χ3v) is 2.39. The van der Waals surface area contributed by atoms with Gasteiger partial charge in [0.25, 0.3) is 5.69 Å². The van der Waals surface area contributed by atoms with Crippen LogP contribution < -0.4 is 0 Å². The summed E-state index contributed by atoms with van der Waals surface area (Å²) in [6.07, 6.45) is -1.18. The van der Waals surface area contributed by atoms with Crippen molar-refractivity contribution in [3.8, 4) is 0 Å². The van der Waals surface area contributed by atoms with Crippen molar-refractivity contribution in [1.29, 1.82) is 0 Å². The highest BCUT2D eigenvalue weighted by Gasteiger charge is 2.16. The topological polar surface area (TPSA) is 89.7 Å². The molecule has 6 nitrogen and oxygen atoms in total. The van der Waals surface area contributed by atoms with Crippen molar-refractivity contribution in [2.75, 3.05) is 7.11 Å². The molecule has 0 saturated heterocycles. The maximum atomic E-state index is 11.0. The molecule has 0 bridgehead atoms. The van der Waals surface area contributed by atoms with Gasteiger partial charge >= 0.3 is 5.97 Å². The zero-order chi connectivity index (χ0) is 13.0. The van der Waals surface area contributed by atoms with Crippen molar-refractivity contribution < 1.29 is 19.6 Å². The average Bonchev–Trinajstić information content (AvgIpc) is 2.28. The predicted molar refractivity (Wildman–Crippen MR) is 59.4 cm³/mol. The second-order valence-electron chi connectivity index (χ2n) is 3.60. The van der Waals surface area contributed by atoms with E-state index in [1.54, 1.807) is 6.92 Å². The number of carbonyl (C=O) groups excluding carboxylic acids is 1. The number of aliphatic hydroxyl groups excluding tert-OH is 1. The van der Waals surface area contributed by atoms with Crippen molar-refractivity contribution in [3.05, 3.63) is 39.4 Å². The maximum Gasteiger partial charge on any atom is 0.308 e. The number of hydrogen-bond donors (Lipinski definition) is 1. The highest BCUT2D eigenvalue weighted by Crippen LogP contribution is 2.24. The zero-order valence-electron chi connectivity index (χ0n) is 9.54. The van der Waals surface area contributed by atoms with Crippen LogP contribution in [0.4, 0.5) is 5.69 Å². The standard InChI is InChI=1S/C11H13NO5/c1-7-5-8(3-4-9(7)12(15)16)10(13)6-11(14)17-2/h3-5,10,13H,6H2,1-2H3. The summed E-state index contributed by atoms with van der Waals surface area (Å²) in [4.78, 5) is 21.1. The number of nitro benzene ring substituents is 1. The molecule has 0 fully saturated rings.